The molecule has 1 amide bonds. The van der Waals surface area contributed by atoms with E-state index in [1.807, 2.05) is 28.8 Å². The van der Waals surface area contributed by atoms with E-state index in [4.69, 9.17) is 4.74 Å². The first kappa shape index (κ1) is 19.7. The molecule has 3 rings (SSSR count). The van der Waals surface area contributed by atoms with E-state index in [1.165, 1.54) is 24.6 Å². The lowest BCUT2D eigenvalue weighted by Gasteiger charge is -2.28. The minimum Gasteiger partial charge on any atom is -0.378 e. The molecule has 1 saturated heterocycles. The van der Waals surface area contributed by atoms with Crippen LogP contribution in [0.2, 0.25) is 0 Å². The van der Waals surface area contributed by atoms with Gasteiger partial charge in [-0.25, -0.2) is 0 Å². The molecule has 2 heterocycles. The van der Waals surface area contributed by atoms with Crippen LogP contribution < -0.4 is 10.2 Å². The lowest BCUT2D eigenvalue weighted by Crippen LogP contribution is -2.36. The number of hydrogen-bond acceptors (Lipinski definition) is 6. The summed E-state index contributed by atoms with van der Waals surface area (Å²) in [5.74, 6) is 0.278. The Morgan fingerprint density at radius 2 is 2.00 bits per heavy atom. The molecule has 1 aliphatic heterocycles. The lowest BCUT2D eigenvalue weighted by atomic mass is 10.2. The first-order valence-corrected chi connectivity index (χ1v) is 10.5. The standard InChI is InChI=1S/C19H27N5O2S/c1-2-3-4-9-24-15-20-22-19(24)27-14-18(25)21-16-5-7-17(8-6-16)23-10-12-26-13-11-23/h5-8,15H,2-4,9-14H2,1H3,(H,21,25). The van der Waals surface area contributed by atoms with Crippen LogP contribution in [0.4, 0.5) is 11.4 Å². The molecular formula is C19H27N5O2S. The van der Waals surface area contributed by atoms with Crippen molar-refractivity contribution in [3.05, 3.63) is 30.6 Å². The molecular weight excluding hydrogens is 362 g/mol. The Balaban J connectivity index is 1.46. The van der Waals surface area contributed by atoms with Gasteiger partial charge in [0.05, 0.1) is 19.0 Å². The Morgan fingerprint density at radius 3 is 2.74 bits per heavy atom. The first-order chi connectivity index (χ1) is 13.3. The summed E-state index contributed by atoms with van der Waals surface area (Å²) in [7, 11) is 0. The zero-order valence-electron chi connectivity index (χ0n) is 15.8. The normalized spacial score (nSPS) is 14.3. The number of benzene rings is 1. The summed E-state index contributed by atoms with van der Waals surface area (Å²) in [6.45, 7) is 6.41. The number of nitrogens with zero attached hydrogens (tertiary/aromatic N) is 4. The fourth-order valence-corrected chi connectivity index (χ4v) is 3.69. The van der Waals surface area contributed by atoms with Gasteiger partial charge in [0, 0.05) is 31.0 Å². The summed E-state index contributed by atoms with van der Waals surface area (Å²) >= 11 is 1.42. The van der Waals surface area contributed by atoms with E-state index in [-0.39, 0.29) is 5.91 Å². The van der Waals surface area contributed by atoms with Crippen LogP contribution in [0.25, 0.3) is 0 Å². The highest BCUT2D eigenvalue weighted by Crippen LogP contribution is 2.20. The van der Waals surface area contributed by atoms with Gasteiger partial charge in [0.15, 0.2) is 5.16 Å². The highest BCUT2D eigenvalue weighted by molar-refractivity contribution is 7.99. The molecule has 0 radical (unpaired) electrons. The van der Waals surface area contributed by atoms with E-state index in [0.29, 0.717) is 5.75 Å². The monoisotopic (exact) mass is 389 g/mol. The van der Waals surface area contributed by atoms with Crippen LogP contribution in [0.3, 0.4) is 0 Å². The van der Waals surface area contributed by atoms with Gasteiger partial charge >= 0.3 is 0 Å². The SMILES string of the molecule is CCCCCn1cnnc1SCC(=O)Nc1ccc(N2CCOCC2)cc1. The van der Waals surface area contributed by atoms with Gasteiger partial charge in [-0.1, -0.05) is 31.5 Å². The number of aryl methyl sites for hydroxylation is 1. The predicted molar refractivity (Wildman–Crippen MR) is 108 cm³/mol. The molecule has 1 aromatic carbocycles. The number of rotatable bonds is 9. The Kier molecular flexibility index (Phi) is 7.53. The van der Waals surface area contributed by atoms with E-state index < -0.39 is 0 Å². The molecule has 146 valence electrons. The van der Waals surface area contributed by atoms with Crippen LogP contribution in [0.5, 0.6) is 0 Å². The number of unbranched alkanes of at least 4 members (excludes halogenated alkanes) is 2. The van der Waals surface area contributed by atoms with Crippen LogP contribution in [-0.2, 0) is 16.1 Å². The van der Waals surface area contributed by atoms with E-state index in [0.717, 1.165) is 55.8 Å². The first-order valence-electron chi connectivity index (χ1n) is 9.49. The molecule has 0 bridgehead atoms. The average molecular weight is 390 g/mol. The van der Waals surface area contributed by atoms with E-state index in [1.54, 1.807) is 6.33 Å². The van der Waals surface area contributed by atoms with Crippen molar-refractivity contribution >= 4 is 29.0 Å². The topological polar surface area (TPSA) is 72.3 Å². The van der Waals surface area contributed by atoms with Crippen LogP contribution in [-0.4, -0.2) is 52.7 Å². The smallest absolute Gasteiger partial charge is 0.234 e. The maximum atomic E-state index is 12.2. The van der Waals surface area contributed by atoms with Crippen molar-refractivity contribution in [1.29, 1.82) is 0 Å². The van der Waals surface area contributed by atoms with Gasteiger partial charge in [-0.3, -0.25) is 4.79 Å². The maximum absolute atomic E-state index is 12.2. The molecule has 1 N–H and O–H groups in total. The summed E-state index contributed by atoms with van der Waals surface area (Å²) in [4.78, 5) is 14.5. The van der Waals surface area contributed by atoms with Gasteiger partial charge in [-0.2, -0.15) is 0 Å². The molecule has 0 aliphatic carbocycles. The van der Waals surface area contributed by atoms with Gasteiger partial charge in [-0.15, -0.1) is 10.2 Å². The highest BCUT2D eigenvalue weighted by Gasteiger charge is 2.12. The molecule has 1 aliphatic rings. The third kappa shape index (κ3) is 5.97. The lowest BCUT2D eigenvalue weighted by molar-refractivity contribution is -0.113. The number of carbonyl (C=O) groups is 1. The molecule has 0 unspecified atom stereocenters. The van der Waals surface area contributed by atoms with Crippen molar-refractivity contribution in [3.8, 4) is 0 Å². The number of hydrogen-bond donors (Lipinski definition) is 1. The zero-order valence-corrected chi connectivity index (χ0v) is 16.6. The summed E-state index contributed by atoms with van der Waals surface area (Å²) in [6.07, 6.45) is 5.20. The van der Waals surface area contributed by atoms with Crippen LogP contribution in [0.15, 0.2) is 35.7 Å². The van der Waals surface area contributed by atoms with Gasteiger partial charge in [0.25, 0.3) is 0 Å². The van der Waals surface area contributed by atoms with E-state index in [9.17, 15) is 4.79 Å². The third-order valence-corrected chi connectivity index (χ3v) is 5.42. The molecule has 0 saturated carbocycles. The summed E-state index contributed by atoms with van der Waals surface area (Å²) in [6, 6.07) is 7.97. The fraction of sp³-hybridized carbons (Fsp3) is 0.526. The minimum atomic E-state index is -0.0396. The Hall–Kier alpha value is -2.06. The van der Waals surface area contributed by atoms with Crippen molar-refractivity contribution in [2.45, 2.75) is 37.9 Å². The molecule has 7 nitrogen and oxygen atoms in total. The van der Waals surface area contributed by atoms with Gasteiger partial charge < -0.3 is 19.5 Å². The van der Waals surface area contributed by atoms with Crippen molar-refractivity contribution in [1.82, 2.24) is 14.8 Å². The number of carbonyl (C=O) groups excluding carboxylic acids is 1. The summed E-state index contributed by atoms with van der Waals surface area (Å²) < 4.78 is 7.40. The number of ether oxygens (including phenoxy) is 1. The van der Waals surface area contributed by atoms with Crippen LogP contribution in [0.1, 0.15) is 26.2 Å². The van der Waals surface area contributed by atoms with Crippen molar-refractivity contribution in [2.75, 3.05) is 42.3 Å². The quantitative estimate of drug-likeness (QED) is 0.525. The highest BCUT2D eigenvalue weighted by atomic mass is 32.2. The molecule has 0 atom stereocenters. The zero-order chi connectivity index (χ0) is 18.9. The fourth-order valence-electron chi connectivity index (χ4n) is 2.95. The second-order valence-electron chi connectivity index (χ2n) is 6.50. The van der Waals surface area contributed by atoms with Gasteiger partial charge in [0.1, 0.15) is 6.33 Å². The number of anilines is 2. The second-order valence-corrected chi connectivity index (χ2v) is 7.44. The molecule has 27 heavy (non-hydrogen) atoms. The molecule has 2 aromatic rings. The Bertz CT molecular complexity index is 713. The predicted octanol–water partition coefficient (Wildman–Crippen LogP) is 3.04. The average Bonchev–Trinajstić information content (AvgIpc) is 3.15. The largest absolute Gasteiger partial charge is 0.378 e. The minimum absolute atomic E-state index is 0.0396. The van der Waals surface area contributed by atoms with E-state index >= 15 is 0 Å². The number of thioether (sulfide) groups is 1. The van der Waals surface area contributed by atoms with Crippen LogP contribution in [0, 0.1) is 0 Å². The summed E-state index contributed by atoms with van der Waals surface area (Å²) in [5.41, 5.74) is 1.97. The van der Waals surface area contributed by atoms with Crippen LogP contribution >= 0.6 is 11.8 Å². The second kappa shape index (κ2) is 10.3. The number of nitrogens with one attached hydrogen (secondary N) is 1. The molecule has 1 aromatic heterocycles. The number of morpholine rings is 1. The molecule has 0 spiro atoms. The maximum Gasteiger partial charge on any atom is 0.234 e. The van der Waals surface area contributed by atoms with Gasteiger partial charge in [0.2, 0.25) is 5.91 Å². The molecule has 8 heteroatoms. The van der Waals surface area contributed by atoms with Gasteiger partial charge in [-0.05, 0) is 30.7 Å². The van der Waals surface area contributed by atoms with E-state index in [2.05, 4.69) is 27.3 Å². The third-order valence-electron chi connectivity index (χ3n) is 4.44. The number of amides is 1. The number of aromatic nitrogens is 3. The van der Waals surface area contributed by atoms with Crippen molar-refractivity contribution in [3.63, 3.8) is 0 Å². The molecule has 1 fully saturated rings. The Morgan fingerprint density at radius 1 is 1.22 bits per heavy atom. The van der Waals surface area contributed by atoms with Crippen molar-refractivity contribution < 1.29 is 9.53 Å². The summed E-state index contributed by atoms with van der Waals surface area (Å²) in [5, 5.41) is 11.8. The Labute approximate surface area is 164 Å². The van der Waals surface area contributed by atoms with Crippen molar-refractivity contribution in [2.24, 2.45) is 0 Å².